The quantitative estimate of drug-likeness (QED) is 0.896. The molecular weight excluding hydrogens is 278 g/mol. The van der Waals surface area contributed by atoms with Gasteiger partial charge in [-0.1, -0.05) is 30.3 Å². The molecule has 0 radical (unpaired) electrons. The van der Waals surface area contributed by atoms with Gasteiger partial charge in [0, 0.05) is 11.9 Å². The van der Waals surface area contributed by atoms with Crippen LogP contribution >= 0.6 is 0 Å². The molecule has 2 aromatic rings. The first-order valence-corrected chi connectivity index (χ1v) is 7.63. The molecule has 2 aromatic carbocycles. The highest BCUT2D eigenvalue weighted by atomic mass is 16.3. The number of aromatic hydroxyl groups is 1. The van der Waals surface area contributed by atoms with Gasteiger partial charge in [0.2, 0.25) is 0 Å². The van der Waals surface area contributed by atoms with E-state index in [0.717, 1.165) is 18.2 Å². The number of likely N-dealkylation sites (tertiary alicyclic amines) is 1. The molecule has 116 valence electrons. The summed E-state index contributed by atoms with van der Waals surface area (Å²) in [5, 5.41) is 22.3. The molecule has 0 bridgehead atoms. The van der Waals surface area contributed by atoms with Crippen LogP contribution in [0.2, 0.25) is 0 Å². The fraction of sp³-hybridized carbons (Fsp3) is 0.389. The first-order chi connectivity index (χ1) is 10.4. The zero-order valence-electron chi connectivity index (χ0n) is 12.9. The lowest BCUT2D eigenvalue weighted by atomic mass is 9.96. The van der Waals surface area contributed by atoms with Crippen molar-refractivity contribution in [2.24, 2.45) is 0 Å². The third-order valence-electron chi connectivity index (χ3n) is 4.46. The van der Waals surface area contributed by atoms with E-state index in [-0.39, 0.29) is 17.7 Å². The fourth-order valence-electron chi connectivity index (χ4n) is 3.33. The van der Waals surface area contributed by atoms with Crippen LogP contribution in [0.1, 0.15) is 37.0 Å². The first-order valence-electron chi connectivity index (χ1n) is 7.63. The van der Waals surface area contributed by atoms with E-state index in [4.69, 9.17) is 0 Å². The largest absolute Gasteiger partial charge is 0.506 e. The summed E-state index contributed by atoms with van der Waals surface area (Å²) in [4.78, 5) is 14.5. The monoisotopic (exact) mass is 299 g/mol. The van der Waals surface area contributed by atoms with Gasteiger partial charge >= 0.3 is 0 Å². The highest BCUT2D eigenvalue weighted by Crippen LogP contribution is 2.33. The van der Waals surface area contributed by atoms with Gasteiger partial charge < -0.3 is 15.1 Å². The second kappa shape index (κ2) is 5.29. The average Bonchev–Trinajstić information content (AvgIpc) is 2.97. The van der Waals surface area contributed by atoms with Gasteiger partial charge in [-0.3, -0.25) is 4.79 Å². The summed E-state index contributed by atoms with van der Waals surface area (Å²) in [5.41, 5.74) is -0.645. The van der Waals surface area contributed by atoms with Gasteiger partial charge in [0.15, 0.2) is 0 Å². The van der Waals surface area contributed by atoms with E-state index >= 15 is 0 Å². The first kappa shape index (κ1) is 14.9. The number of aliphatic hydroxyl groups is 1. The topological polar surface area (TPSA) is 60.8 Å². The highest BCUT2D eigenvalue weighted by molar-refractivity contribution is 6.03. The lowest BCUT2D eigenvalue weighted by molar-refractivity contribution is 0.000235. The van der Waals surface area contributed by atoms with Gasteiger partial charge in [-0.05, 0) is 38.1 Å². The van der Waals surface area contributed by atoms with Crippen LogP contribution in [0.5, 0.6) is 5.75 Å². The molecule has 1 unspecified atom stereocenters. The number of hydrogen-bond acceptors (Lipinski definition) is 3. The Bertz CT molecular complexity index is 718. The Balaban J connectivity index is 2.00. The maximum atomic E-state index is 12.8. The fourth-order valence-corrected chi connectivity index (χ4v) is 3.33. The van der Waals surface area contributed by atoms with E-state index in [1.807, 2.05) is 24.3 Å². The van der Waals surface area contributed by atoms with Gasteiger partial charge in [-0.15, -0.1) is 0 Å². The normalized spacial score (nSPS) is 18.9. The number of carbonyl (C=O) groups is 1. The molecule has 4 nitrogen and oxygen atoms in total. The van der Waals surface area contributed by atoms with Gasteiger partial charge in [-0.25, -0.2) is 0 Å². The van der Waals surface area contributed by atoms with Crippen molar-refractivity contribution in [2.75, 3.05) is 6.54 Å². The minimum Gasteiger partial charge on any atom is -0.506 e. The maximum Gasteiger partial charge on any atom is 0.257 e. The lowest BCUT2D eigenvalue weighted by Gasteiger charge is -2.34. The van der Waals surface area contributed by atoms with Crippen LogP contribution in [0.15, 0.2) is 36.4 Å². The third kappa shape index (κ3) is 2.44. The molecule has 0 aromatic heterocycles. The number of hydrogen-bond donors (Lipinski definition) is 2. The Morgan fingerprint density at radius 3 is 2.68 bits per heavy atom. The minimum absolute atomic E-state index is 0.0181. The van der Waals surface area contributed by atoms with Crippen LogP contribution in [-0.4, -0.2) is 39.2 Å². The number of phenolic OH excluding ortho intramolecular Hbond substituents is 1. The Kier molecular flexibility index (Phi) is 3.57. The standard InChI is InChI=1S/C18H21NO3/c1-18(2,22)15-8-5-11-19(15)17(21)14-10-9-12-6-3-4-7-13(12)16(14)20/h3-4,6-7,9-10,15,20,22H,5,8,11H2,1-2H3. The van der Waals surface area contributed by atoms with Crippen molar-refractivity contribution in [3.05, 3.63) is 42.0 Å². The Morgan fingerprint density at radius 1 is 1.23 bits per heavy atom. The van der Waals surface area contributed by atoms with E-state index < -0.39 is 5.60 Å². The summed E-state index contributed by atoms with van der Waals surface area (Å²) in [6.07, 6.45) is 1.65. The average molecular weight is 299 g/mol. The second-order valence-electron chi connectivity index (χ2n) is 6.49. The van der Waals surface area contributed by atoms with Crippen molar-refractivity contribution >= 4 is 16.7 Å². The predicted molar refractivity (Wildman–Crippen MR) is 86.0 cm³/mol. The number of benzene rings is 2. The van der Waals surface area contributed by atoms with E-state index in [0.29, 0.717) is 17.5 Å². The zero-order valence-corrected chi connectivity index (χ0v) is 12.9. The summed E-state index contributed by atoms with van der Waals surface area (Å²) >= 11 is 0. The van der Waals surface area contributed by atoms with Crippen LogP contribution in [-0.2, 0) is 0 Å². The SMILES string of the molecule is CC(C)(O)C1CCCN1C(=O)c1ccc2ccccc2c1O. The molecule has 0 aliphatic carbocycles. The van der Waals surface area contributed by atoms with Crippen LogP contribution in [0.3, 0.4) is 0 Å². The number of amides is 1. The summed E-state index contributed by atoms with van der Waals surface area (Å²) in [6, 6.07) is 10.7. The molecule has 0 saturated carbocycles. The van der Waals surface area contributed by atoms with Crippen LogP contribution in [0.25, 0.3) is 10.8 Å². The molecule has 1 aliphatic rings. The number of nitrogens with zero attached hydrogens (tertiary/aromatic N) is 1. The highest BCUT2D eigenvalue weighted by Gasteiger charge is 2.39. The Hall–Kier alpha value is -2.07. The summed E-state index contributed by atoms with van der Waals surface area (Å²) in [7, 11) is 0. The smallest absolute Gasteiger partial charge is 0.257 e. The van der Waals surface area contributed by atoms with E-state index in [9.17, 15) is 15.0 Å². The van der Waals surface area contributed by atoms with E-state index in [1.54, 1.807) is 30.9 Å². The Morgan fingerprint density at radius 2 is 1.95 bits per heavy atom. The number of rotatable bonds is 2. The second-order valence-corrected chi connectivity index (χ2v) is 6.49. The van der Waals surface area contributed by atoms with Crippen molar-refractivity contribution in [2.45, 2.75) is 38.3 Å². The van der Waals surface area contributed by atoms with Crippen LogP contribution in [0, 0.1) is 0 Å². The van der Waals surface area contributed by atoms with Crippen molar-refractivity contribution in [1.29, 1.82) is 0 Å². The molecule has 1 heterocycles. The lowest BCUT2D eigenvalue weighted by Crippen LogP contribution is -2.48. The van der Waals surface area contributed by atoms with Crippen molar-refractivity contribution in [3.63, 3.8) is 0 Å². The van der Waals surface area contributed by atoms with Crippen LogP contribution in [0.4, 0.5) is 0 Å². The van der Waals surface area contributed by atoms with E-state index in [2.05, 4.69) is 0 Å². The molecule has 1 amide bonds. The number of carbonyl (C=O) groups excluding carboxylic acids is 1. The number of phenols is 1. The molecule has 4 heteroatoms. The Labute approximate surface area is 130 Å². The van der Waals surface area contributed by atoms with Crippen molar-refractivity contribution in [3.8, 4) is 5.75 Å². The van der Waals surface area contributed by atoms with Gasteiger partial charge in [0.1, 0.15) is 5.75 Å². The maximum absolute atomic E-state index is 12.8. The molecule has 22 heavy (non-hydrogen) atoms. The van der Waals surface area contributed by atoms with E-state index in [1.165, 1.54) is 0 Å². The molecule has 0 spiro atoms. The molecule has 3 rings (SSSR count). The zero-order chi connectivity index (χ0) is 15.9. The van der Waals surface area contributed by atoms with Crippen LogP contribution < -0.4 is 0 Å². The van der Waals surface area contributed by atoms with Gasteiger partial charge in [0.25, 0.3) is 5.91 Å². The molecule has 2 N–H and O–H groups in total. The third-order valence-corrected chi connectivity index (χ3v) is 4.46. The van der Waals surface area contributed by atoms with Gasteiger partial charge in [0.05, 0.1) is 17.2 Å². The molecule has 1 fully saturated rings. The number of fused-ring (bicyclic) bond motifs is 1. The molecular formula is C18H21NO3. The molecule has 1 aliphatic heterocycles. The van der Waals surface area contributed by atoms with Crippen molar-refractivity contribution < 1.29 is 15.0 Å². The summed E-state index contributed by atoms with van der Waals surface area (Å²) in [5.74, 6) is -0.197. The predicted octanol–water partition coefficient (Wildman–Crippen LogP) is 2.92. The molecule has 1 atom stereocenters. The summed E-state index contributed by atoms with van der Waals surface area (Å²) < 4.78 is 0. The summed E-state index contributed by atoms with van der Waals surface area (Å²) in [6.45, 7) is 4.06. The molecule has 1 saturated heterocycles. The van der Waals surface area contributed by atoms with Gasteiger partial charge in [-0.2, -0.15) is 0 Å². The van der Waals surface area contributed by atoms with Crippen molar-refractivity contribution in [1.82, 2.24) is 4.90 Å². The minimum atomic E-state index is -0.946.